The first-order valence-electron chi connectivity index (χ1n) is 9.21. The molecule has 3 nitrogen and oxygen atoms in total. The molecule has 29 heavy (non-hydrogen) atoms. The van der Waals surface area contributed by atoms with Crippen molar-refractivity contribution in [1.82, 2.24) is 4.90 Å². The summed E-state index contributed by atoms with van der Waals surface area (Å²) in [6, 6.07) is 11.8. The number of nitrogens with zero attached hydrogens (tertiary/aromatic N) is 1. The van der Waals surface area contributed by atoms with E-state index in [0.717, 1.165) is 10.5 Å². The number of rotatable bonds is 6. The Morgan fingerprint density at radius 2 is 1.86 bits per heavy atom. The van der Waals surface area contributed by atoms with E-state index < -0.39 is 30.2 Å². The molecule has 1 aliphatic heterocycles. The Labute approximate surface area is 171 Å². The molecule has 0 aromatic heterocycles. The third-order valence-corrected chi connectivity index (χ3v) is 6.08. The minimum atomic E-state index is -4.29. The van der Waals surface area contributed by atoms with E-state index in [1.54, 1.807) is 25.1 Å². The molecule has 0 bridgehead atoms. The van der Waals surface area contributed by atoms with Crippen molar-refractivity contribution < 1.29 is 27.4 Å². The molecule has 0 radical (unpaired) electrons. The van der Waals surface area contributed by atoms with Gasteiger partial charge in [0.2, 0.25) is 0 Å². The molecule has 0 aliphatic carbocycles. The third-order valence-electron chi connectivity index (χ3n) is 5.10. The highest BCUT2D eigenvalue weighted by atomic mass is 32.2. The molecule has 0 amide bonds. The van der Waals surface area contributed by atoms with Crippen LogP contribution in [0.1, 0.15) is 30.6 Å². The molecule has 1 N–H and O–H groups in total. The van der Waals surface area contributed by atoms with E-state index in [1.807, 2.05) is 12.1 Å². The number of aliphatic hydroxyl groups excluding tert-OH is 1. The summed E-state index contributed by atoms with van der Waals surface area (Å²) in [4.78, 5) is 2.79. The molecule has 158 valence electrons. The lowest BCUT2D eigenvalue weighted by molar-refractivity contribution is -0.146. The van der Waals surface area contributed by atoms with Crippen LogP contribution in [0.25, 0.3) is 0 Å². The molecule has 3 rings (SSSR count). The van der Waals surface area contributed by atoms with Gasteiger partial charge in [0.25, 0.3) is 0 Å². The van der Waals surface area contributed by atoms with Gasteiger partial charge in [-0.3, -0.25) is 4.90 Å². The van der Waals surface area contributed by atoms with Crippen LogP contribution in [0.15, 0.2) is 52.3 Å². The molecule has 2 unspecified atom stereocenters. The first-order chi connectivity index (χ1) is 13.6. The van der Waals surface area contributed by atoms with E-state index in [2.05, 4.69) is 0 Å². The van der Waals surface area contributed by atoms with Crippen molar-refractivity contribution >= 4 is 11.8 Å². The number of halogens is 4. The summed E-state index contributed by atoms with van der Waals surface area (Å²) in [6.45, 7) is 0.951. The molecule has 1 saturated heterocycles. The summed E-state index contributed by atoms with van der Waals surface area (Å²) < 4.78 is 58.2. The number of alkyl halides is 3. The molecule has 2 aromatic carbocycles. The first kappa shape index (κ1) is 22.1. The monoisotopic (exact) mass is 429 g/mol. The Morgan fingerprint density at radius 1 is 1.17 bits per heavy atom. The summed E-state index contributed by atoms with van der Waals surface area (Å²) in [5, 5.41) is 9.60. The second kappa shape index (κ2) is 8.63. The van der Waals surface area contributed by atoms with Crippen LogP contribution in [0.2, 0.25) is 0 Å². The van der Waals surface area contributed by atoms with Crippen molar-refractivity contribution in [2.45, 2.75) is 41.0 Å². The number of benzene rings is 2. The average Bonchev–Trinajstić information content (AvgIpc) is 3.04. The number of hydrogen-bond donors (Lipinski definition) is 1. The van der Waals surface area contributed by atoms with Gasteiger partial charge in [-0.1, -0.05) is 23.9 Å². The molecule has 1 heterocycles. The Kier molecular flexibility index (Phi) is 6.57. The zero-order valence-electron chi connectivity index (χ0n) is 16.2. The fraction of sp³-hybridized carbons (Fsp3) is 0.429. The van der Waals surface area contributed by atoms with E-state index in [9.17, 15) is 22.7 Å². The maximum absolute atomic E-state index is 14.3. The average molecular weight is 429 g/mol. The molecule has 0 saturated carbocycles. The van der Waals surface area contributed by atoms with Crippen molar-refractivity contribution in [3.05, 3.63) is 59.4 Å². The van der Waals surface area contributed by atoms with Gasteiger partial charge in [0, 0.05) is 30.0 Å². The number of aliphatic hydroxyl groups is 1. The molecule has 1 aliphatic rings. The molecular formula is C21H23F4NO2S. The highest BCUT2D eigenvalue weighted by Gasteiger charge is 2.43. The van der Waals surface area contributed by atoms with Crippen molar-refractivity contribution in [3.63, 3.8) is 0 Å². The van der Waals surface area contributed by atoms with Gasteiger partial charge in [0.15, 0.2) is 0 Å². The van der Waals surface area contributed by atoms with Crippen molar-refractivity contribution in [2.75, 3.05) is 26.7 Å². The van der Waals surface area contributed by atoms with Crippen LogP contribution in [0.5, 0.6) is 0 Å². The standard InChI is InChI=1S/C21H23F4NO2S/c1-14(27)15-3-5-18(6-4-15)29-19-10-16(9-17(22)11-19)20(28-2)7-8-26(12-20)13-21(23,24)25/h3-6,9-11,14,27H,7-8,12-13H2,1-2H3. The summed E-state index contributed by atoms with van der Waals surface area (Å²) in [6.07, 6.45) is -4.50. The van der Waals surface area contributed by atoms with Gasteiger partial charge in [0.1, 0.15) is 11.4 Å². The number of methoxy groups -OCH3 is 1. The van der Waals surface area contributed by atoms with Crippen molar-refractivity contribution in [2.24, 2.45) is 0 Å². The van der Waals surface area contributed by atoms with Crippen LogP contribution in [-0.4, -0.2) is 42.9 Å². The van der Waals surface area contributed by atoms with Gasteiger partial charge in [-0.15, -0.1) is 0 Å². The smallest absolute Gasteiger partial charge is 0.389 e. The first-order valence-corrected chi connectivity index (χ1v) is 10.0. The zero-order valence-corrected chi connectivity index (χ0v) is 17.0. The molecule has 2 atom stereocenters. The second-order valence-electron chi connectivity index (χ2n) is 7.30. The van der Waals surface area contributed by atoms with E-state index in [4.69, 9.17) is 4.74 Å². The van der Waals surface area contributed by atoms with Crippen molar-refractivity contribution in [1.29, 1.82) is 0 Å². The quantitative estimate of drug-likeness (QED) is 0.645. The van der Waals surface area contributed by atoms with Crippen molar-refractivity contribution in [3.8, 4) is 0 Å². The predicted molar refractivity (Wildman–Crippen MR) is 103 cm³/mol. The molecular weight excluding hydrogens is 406 g/mol. The van der Waals surface area contributed by atoms with Gasteiger partial charge in [0.05, 0.1) is 12.6 Å². The van der Waals surface area contributed by atoms with Gasteiger partial charge in [-0.25, -0.2) is 4.39 Å². The molecule has 1 fully saturated rings. The van der Waals surface area contributed by atoms with Crippen LogP contribution < -0.4 is 0 Å². The lowest BCUT2D eigenvalue weighted by Crippen LogP contribution is -2.37. The van der Waals surface area contributed by atoms with E-state index >= 15 is 0 Å². The van der Waals surface area contributed by atoms with Gasteiger partial charge >= 0.3 is 6.18 Å². The lowest BCUT2D eigenvalue weighted by atomic mass is 9.92. The molecule has 8 heteroatoms. The van der Waals surface area contributed by atoms with Crippen LogP contribution in [0.3, 0.4) is 0 Å². The number of likely N-dealkylation sites (tertiary alicyclic amines) is 1. The Bertz CT molecular complexity index is 842. The highest BCUT2D eigenvalue weighted by molar-refractivity contribution is 7.99. The van der Waals surface area contributed by atoms with Gasteiger partial charge < -0.3 is 9.84 Å². The van der Waals surface area contributed by atoms with E-state index in [-0.39, 0.29) is 13.1 Å². The van der Waals surface area contributed by atoms with Gasteiger partial charge in [-0.05, 0) is 54.8 Å². The Balaban J connectivity index is 1.82. The Hall–Kier alpha value is -1.61. The normalized spacial score (nSPS) is 21.5. The molecule has 2 aromatic rings. The fourth-order valence-corrected chi connectivity index (χ4v) is 4.50. The SMILES string of the molecule is COC1(c2cc(F)cc(Sc3ccc(C(C)O)cc3)c2)CCN(CC(F)(F)F)C1. The second-order valence-corrected chi connectivity index (χ2v) is 8.44. The summed E-state index contributed by atoms with van der Waals surface area (Å²) in [7, 11) is 1.45. The maximum atomic E-state index is 14.3. The molecule has 0 spiro atoms. The van der Waals surface area contributed by atoms with Crippen LogP contribution in [0, 0.1) is 5.82 Å². The number of hydrogen-bond acceptors (Lipinski definition) is 4. The van der Waals surface area contributed by atoms with E-state index in [0.29, 0.717) is 16.9 Å². The summed E-state index contributed by atoms with van der Waals surface area (Å²) in [5.41, 5.74) is 0.342. The van der Waals surface area contributed by atoms with Gasteiger partial charge in [-0.2, -0.15) is 13.2 Å². The van der Waals surface area contributed by atoms with Crippen LogP contribution in [-0.2, 0) is 10.3 Å². The minimum Gasteiger partial charge on any atom is -0.389 e. The van der Waals surface area contributed by atoms with Crippen LogP contribution >= 0.6 is 11.8 Å². The summed E-state index contributed by atoms with van der Waals surface area (Å²) in [5.74, 6) is -0.462. The maximum Gasteiger partial charge on any atom is 0.401 e. The number of ether oxygens (including phenoxy) is 1. The van der Waals surface area contributed by atoms with Crippen LogP contribution in [0.4, 0.5) is 17.6 Å². The fourth-order valence-electron chi connectivity index (χ4n) is 3.60. The summed E-state index contributed by atoms with van der Waals surface area (Å²) >= 11 is 1.34. The highest BCUT2D eigenvalue weighted by Crippen LogP contribution is 2.39. The Morgan fingerprint density at radius 3 is 2.45 bits per heavy atom. The topological polar surface area (TPSA) is 32.7 Å². The zero-order chi connectivity index (χ0) is 21.2. The minimum absolute atomic E-state index is 0.0552. The largest absolute Gasteiger partial charge is 0.401 e. The van der Waals surface area contributed by atoms with E-state index in [1.165, 1.54) is 35.9 Å². The third kappa shape index (κ3) is 5.51. The lowest BCUT2D eigenvalue weighted by Gasteiger charge is -2.29. The predicted octanol–water partition coefficient (Wildman–Crippen LogP) is 5.14.